The molecule has 0 N–H and O–H groups in total. The van der Waals surface area contributed by atoms with Crippen LogP contribution >= 0.6 is 0 Å². The maximum absolute atomic E-state index is 12.1. The molecule has 0 radical (unpaired) electrons. The lowest BCUT2D eigenvalue weighted by molar-refractivity contribution is -0.139. The minimum Gasteiger partial charge on any atom is -0.462 e. The molecule has 0 rings (SSSR count). The van der Waals surface area contributed by atoms with Gasteiger partial charge in [-0.1, -0.05) is 161 Å². The average molecular weight is 479 g/mol. The lowest BCUT2D eigenvalue weighted by atomic mass is 10.0. The van der Waals surface area contributed by atoms with E-state index in [1.807, 2.05) is 6.92 Å². The van der Waals surface area contributed by atoms with Crippen molar-refractivity contribution in [2.24, 2.45) is 0 Å². The molecule has 0 aliphatic rings. The standard InChI is InChI=1S/C32H62O2/c1-4-6-8-10-12-14-16-18-19-21-23-25-27-29-31(3)32(33)34-30-28-26-24-22-20-17-15-13-11-9-7-5-2/h29H,4-28,30H2,1-3H3. The maximum atomic E-state index is 12.1. The lowest BCUT2D eigenvalue weighted by Gasteiger charge is -2.06. The van der Waals surface area contributed by atoms with E-state index in [0.29, 0.717) is 6.61 Å². The Balaban J connectivity index is 3.37. The first kappa shape index (κ1) is 33.2. The van der Waals surface area contributed by atoms with Gasteiger partial charge in [0, 0.05) is 5.57 Å². The predicted molar refractivity (Wildman–Crippen MR) is 151 cm³/mol. The van der Waals surface area contributed by atoms with Crippen LogP contribution in [0.5, 0.6) is 0 Å². The van der Waals surface area contributed by atoms with Gasteiger partial charge < -0.3 is 4.74 Å². The Bertz CT molecular complexity index is 440. The Kier molecular flexibility index (Phi) is 27.8. The van der Waals surface area contributed by atoms with Crippen molar-refractivity contribution in [3.63, 3.8) is 0 Å². The Labute approximate surface area is 215 Å². The first-order valence-electron chi connectivity index (χ1n) is 15.6. The second-order valence-corrected chi connectivity index (χ2v) is 10.6. The molecule has 0 fully saturated rings. The van der Waals surface area contributed by atoms with Crippen LogP contribution in [0.15, 0.2) is 11.6 Å². The second kappa shape index (κ2) is 28.4. The quantitative estimate of drug-likeness (QED) is 0.0666. The third kappa shape index (κ3) is 25.8. The minimum atomic E-state index is -0.109. The van der Waals surface area contributed by atoms with Crippen LogP contribution in [0, 0.1) is 0 Å². The molecule has 0 amide bonds. The summed E-state index contributed by atoms with van der Waals surface area (Å²) in [6, 6.07) is 0. The van der Waals surface area contributed by atoms with Crippen LogP contribution in [-0.4, -0.2) is 12.6 Å². The van der Waals surface area contributed by atoms with Crippen molar-refractivity contribution >= 4 is 5.97 Å². The number of rotatable bonds is 27. The van der Waals surface area contributed by atoms with Crippen LogP contribution in [0.2, 0.25) is 0 Å². The maximum Gasteiger partial charge on any atom is 0.333 e. The summed E-state index contributed by atoms with van der Waals surface area (Å²) in [5, 5.41) is 0. The minimum absolute atomic E-state index is 0.109. The molecule has 202 valence electrons. The summed E-state index contributed by atoms with van der Waals surface area (Å²) in [6.07, 6.45) is 35.5. The third-order valence-electron chi connectivity index (χ3n) is 7.06. The zero-order valence-electron chi connectivity index (χ0n) is 23.8. The molecule has 0 atom stereocenters. The number of hydrogen-bond donors (Lipinski definition) is 0. The number of hydrogen-bond acceptors (Lipinski definition) is 2. The SMILES string of the molecule is CCCCCCCCCCCCCCC=C(C)C(=O)OCCCCCCCCCCCCCC. The first-order chi connectivity index (χ1) is 16.7. The zero-order chi connectivity index (χ0) is 25.0. The van der Waals surface area contributed by atoms with Crippen molar-refractivity contribution < 1.29 is 9.53 Å². The van der Waals surface area contributed by atoms with Gasteiger partial charge in [0.05, 0.1) is 6.61 Å². The molecular formula is C32H62O2. The summed E-state index contributed by atoms with van der Waals surface area (Å²) in [6.45, 7) is 7.05. The summed E-state index contributed by atoms with van der Waals surface area (Å²) in [5.74, 6) is -0.109. The third-order valence-corrected chi connectivity index (χ3v) is 7.06. The van der Waals surface area contributed by atoms with Gasteiger partial charge in [-0.05, 0) is 26.2 Å². The average Bonchev–Trinajstić information content (AvgIpc) is 2.84. The first-order valence-corrected chi connectivity index (χ1v) is 15.6. The highest BCUT2D eigenvalue weighted by Crippen LogP contribution is 2.14. The normalized spacial score (nSPS) is 11.8. The van der Waals surface area contributed by atoms with E-state index in [4.69, 9.17) is 4.74 Å². The van der Waals surface area contributed by atoms with Crippen LogP contribution in [-0.2, 0) is 9.53 Å². The highest BCUT2D eigenvalue weighted by Gasteiger charge is 2.05. The Hall–Kier alpha value is -0.790. The van der Waals surface area contributed by atoms with Crippen LogP contribution in [0.25, 0.3) is 0 Å². The number of carbonyl (C=O) groups excluding carboxylic acids is 1. The molecule has 0 aromatic heterocycles. The molecule has 0 aromatic rings. The molecular weight excluding hydrogens is 416 g/mol. The number of ether oxygens (including phenoxy) is 1. The highest BCUT2D eigenvalue weighted by atomic mass is 16.5. The van der Waals surface area contributed by atoms with Gasteiger partial charge in [0.1, 0.15) is 0 Å². The van der Waals surface area contributed by atoms with Gasteiger partial charge in [-0.15, -0.1) is 0 Å². The molecule has 0 heterocycles. The summed E-state index contributed by atoms with van der Waals surface area (Å²) in [5.41, 5.74) is 0.794. The second-order valence-electron chi connectivity index (χ2n) is 10.6. The van der Waals surface area contributed by atoms with Gasteiger partial charge in [-0.2, -0.15) is 0 Å². The van der Waals surface area contributed by atoms with Gasteiger partial charge in [-0.25, -0.2) is 4.79 Å². The van der Waals surface area contributed by atoms with Crippen LogP contribution in [0.1, 0.15) is 181 Å². The van der Waals surface area contributed by atoms with Crippen molar-refractivity contribution in [3.05, 3.63) is 11.6 Å². The lowest BCUT2D eigenvalue weighted by Crippen LogP contribution is -2.07. The van der Waals surface area contributed by atoms with Crippen molar-refractivity contribution in [1.82, 2.24) is 0 Å². The zero-order valence-corrected chi connectivity index (χ0v) is 23.8. The monoisotopic (exact) mass is 478 g/mol. The van der Waals surface area contributed by atoms with Gasteiger partial charge in [-0.3, -0.25) is 0 Å². The molecule has 0 aromatic carbocycles. The van der Waals surface area contributed by atoms with E-state index in [1.54, 1.807) is 0 Å². The molecule has 2 heteroatoms. The van der Waals surface area contributed by atoms with Gasteiger partial charge in [0.25, 0.3) is 0 Å². The molecule has 0 unspecified atom stereocenters. The Morgan fingerprint density at radius 3 is 1.21 bits per heavy atom. The van der Waals surface area contributed by atoms with Crippen LogP contribution in [0.4, 0.5) is 0 Å². The summed E-state index contributed by atoms with van der Waals surface area (Å²) >= 11 is 0. The van der Waals surface area contributed by atoms with E-state index in [0.717, 1.165) is 18.4 Å². The van der Waals surface area contributed by atoms with Crippen molar-refractivity contribution in [2.75, 3.05) is 6.61 Å². The van der Waals surface area contributed by atoms with E-state index in [2.05, 4.69) is 19.9 Å². The fourth-order valence-electron chi connectivity index (χ4n) is 4.61. The smallest absolute Gasteiger partial charge is 0.333 e. The summed E-state index contributed by atoms with van der Waals surface area (Å²) < 4.78 is 5.45. The molecule has 0 aliphatic heterocycles. The fraction of sp³-hybridized carbons (Fsp3) is 0.906. The van der Waals surface area contributed by atoms with E-state index in [9.17, 15) is 4.79 Å². The molecule has 0 aliphatic carbocycles. The van der Waals surface area contributed by atoms with E-state index >= 15 is 0 Å². The van der Waals surface area contributed by atoms with Crippen LogP contribution < -0.4 is 0 Å². The Morgan fingerprint density at radius 2 is 0.824 bits per heavy atom. The molecule has 0 bridgehead atoms. The number of allylic oxidation sites excluding steroid dienone is 1. The number of esters is 1. The van der Waals surface area contributed by atoms with E-state index in [-0.39, 0.29) is 5.97 Å². The molecule has 0 saturated carbocycles. The van der Waals surface area contributed by atoms with Crippen molar-refractivity contribution in [2.45, 2.75) is 181 Å². The fourth-order valence-corrected chi connectivity index (χ4v) is 4.61. The number of carbonyl (C=O) groups is 1. The van der Waals surface area contributed by atoms with E-state index < -0.39 is 0 Å². The molecule has 2 nitrogen and oxygen atoms in total. The molecule has 0 spiro atoms. The van der Waals surface area contributed by atoms with Gasteiger partial charge in [0.15, 0.2) is 0 Å². The predicted octanol–water partition coefficient (Wildman–Crippen LogP) is 11.3. The van der Waals surface area contributed by atoms with Gasteiger partial charge >= 0.3 is 5.97 Å². The largest absolute Gasteiger partial charge is 0.462 e. The van der Waals surface area contributed by atoms with Crippen molar-refractivity contribution in [3.8, 4) is 0 Å². The van der Waals surface area contributed by atoms with Crippen LogP contribution in [0.3, 0.4) is 0 Å². The van der Waals surface area contributed by atoms with E-state index in [1.165, 1.54) is 148 Å². The molecule has 0 saturated heterocycles. The van der Waals surface area contributed by atoms with Crippen molar-refractivity contribution in [1.29, 1.82) is 0 Å². The Morgan fingerprint density at radius 1 is 0.500 bits per heavy atom. The summed E-state index contributed by atoms with van der Waals surface area (Å²) in [4.78, 5) is 12.1. The van der Waals surface area contributed by atoms with Gasteiger partial charge in [0.2, 0.25) is 0 Å². The molecule has 34 heavy (non-hydrogen) atoms. The highest BCUT2D eigenvalue weighted by molar-refractivity contribution is 5.87. The summed E-state index contributed by atoms with van der Waals surface area (Å²) in [7, 11) is 0. The number of unbranched alkanes of at least 4 members (excludes halogenated alkanes) is 23. The topological polar surface area (TPSA) is 26.3 Å².